The zero-order valence-electron chi connectivity index (χ0n) is 10.5. The standard InChI is InChI=1S/C12H16Cl2N2O2/c1-12(2,3)7-4-8(13)11(9(14)5-7)18-6-10(17)16-15/h4-5H,6,15H2,1-3H3,(H,16,17). The number of benzene rings is 1. The van der Waals surface area contributed by atoms with Crippen molar-refractivity contribution in [2.24, 2.45) is 5.84 Å². The van der Waals surface area contributed by atoms with Gasteiger partial charge in [0.05, 0.1) is 10.0 Å². The Morgan fingerprint density at radius 2 is 1.83 bits per heavy atom. The third-order valence-corrected chi connectivity index (χ3v) is 2.93. The topological polar surface area (TPSA) is 64.3 Å². The molecule has 18 heavy (non-hydrogen) atoms. The Labute approximate surface area is 116 Å². The van der Waals surface area contributed by atoms with Crippen LogP contribution in [0.25, 0.3) is 0 Å². The molecule has 0 spiro atoms. The summed E-state index contributed by atoms with van der Waals surface area (Å²) in [6.45, 7) is 5.93. The van der Waals surface area contributed by atoms with Gasteiger partial charge in [-0.1, -0.05) is 44.0 Å². The van der Waals surface area contributed by atoms with E-state index < -0.39 is 5.91 Å². The van der Waals surface area contributed by atoms with Crippen LogP contribution < -0.4 is 16.0 Å². The molecule has 0 saturated heterocycles. The van der Waals surface area contributed by atoms with E-state index in [0.29, 0.717) is 10.0 Å². The molecule has 0 aromatic heterocycles. The van der Waals surface area contributed by atoms with E-state index in [-0.39, 0.29) is 17.8 Å². The van der Waals surface area contributed by atoms with E-state index >= 15 is 0 Å². The monoisotopic (exact) mass is 290 g/mol. The molecule has 0 bridgehead atoms. The summed E-state index contributed by atoms with van der Waals surface area (Å²) in [7, 11) is 0. The number of hydrogen-bond acceptors (Lipinski definition) is 3. The number of nitrogens with one attached hydrogen (secondary N) is 1. The number of amides is 1. The number of halogens is 2. The first-order valence-corrected chi connectivity index (χ1v) is 6.13. The minimum atomic E-state index is -0.456. The highest BCUT2D eigenvalue weighted by molar-refractivity contribution is 6.37. The van der Waals surface area contributed by atoms with Crippen LogP contribution in [0.3, 0.4) is 0 Å². The SMILES string of the molecule is CC(C)(C)c1cc(Cl)c(OCC(=O)NN)c(Cl)c1. The Hall–Kier alpha value is -0.970. The van der Waals surface area contributed by atoms with Crippen LogP contribution in [0, 0.1) is 0 Å². The van der Waals surface area contributed by atoms with Gasteiger partial charge in [-0.05, 0) is 23.1 Å². The quantitative estimate of drug-likeness (QED) is 0.511. The Balaban J connectivity index is 2.98. The first-order valence-electron chi connectivity index (χ1n) is 5.37. The first kappa shape index (κ1) is 15.1. The molecule has 1 aromatic rings. The van der Waals surface area contributed by atoms with Gasteiger partial charge in [-0.15, -0.1) is 0 Å². The van der Waals surface area contributed by atoms with Crippen LogP contribution in [0.15, 0.2) is 12.1 Å². The fraction of sp³-hybridized carbons (Fsp3) is 0.417. The molecular formula is C12H16Cl2N2O2. The number of hydrogen-bond donors (Lipinski definition) is 2. The van der Waals surface area contributed by atoms with Gasteiger partial charge in [0.1, 0.15) is 0 Å². The zero-order valence-corrected chi connectivity index (χ0v) is 12.0. The summed E-state index contributed by atoms with van der Waals surface area (Å²) in [4.78, 5) is 11.0. The second kappa shape index (κ2) is 5.78. The van der Waals surface area contributed by atoms with Crippen LogP contribution in [0.4, 0.5) is 0 Å². The average Bonchev–Trinajstić information content (AvgIpc) is 2.26. The summed E-state index contributed by atoms with van der Waals surface area (Å²) in [6.07, 6.45) is 0. The van der Waals surface area contributed by atoms with Crippen molar-refractivity contribution < 1.29 is 9.53 Å². The summed E-state index contributed by atoms with van der Waals surface area (Å²) in [6, 6.07) is 3.56. The van der Waals surface area contributed by atoms with Crippen molar-refractivity contribution in [1.29, 1.82) is 0 Å². The summed E-state index contributed by atoms with van der Waals surface area (Å²) >= 11 is 12.2. The van der Waals surface area contributed by atoms with Crippen molar-refractivity contribution in [2.45, 2.75) is 26.2 Å². The van der Waals surface area contributed by atoms with Crippen molar-refractivity contribution in [3.8, 4) is 5.75 Å². The highest BCUT2D eigenvalue weighted by atomic mass is 35.5. The lowest BCUT2D eigenvalue weighted by atomic mass is 9.87. The predicted octanol–water partition coefficient (Wildman–Crippen LogP) is 2.66. The first-order chi connectivity index (χ1) is 8.25. The summed E-state index contributed by atoms with van der Waals surface area (Å²) in [5, 5.41) is 0.745. The predicted molar refractivity (Wildman–Crippen MR) is 73.0 cm³/mol. The number of hydrazine groups is 1. The molecule has 0 aliphatic heterocycles. The Morgan fingerprint density at radius 3 is 2.22 bits per heavy atom. The van der Waals surface area contributed by atoms with Gasteiger partial charge in [-0.3, -0.25) is 10.2 Å². The molecule has 0 unspecified atom stereocenters. The molecule has 1 amide bonds. The summed E-state index contributed by atoms with van der Waals surface area (Å²) < 4.78 is 5.23. The van der Waals surface area contributed by atoms with Crippen molar-refractivity contribution in [1.82, 2.24) is 5.43 Å². The van der Waals surface area contributed by atoms with E-state index in [0.717, 1.165) is 5.56 Å². The molecule has 0 fully saturated rings. The van der Waals surface area contributed by atoms with E-state index in [1.807, 2.05) is 5.43 Å². The normalized spacial score (nSPS) is 11.2. The van der Waals surface area contributed by atoms with Crippen molar-refractivity contribution in [3.05, 3.63) is 27.7 Å². The van der Waals surface area contributed by atoms with Crippen molar-refractivity contribution in [2.75, 3.05) is 6.61 Å². The Kier molecular flexibility index (Phi) is 4.85. The number of nitrogens with two attached hydrogens (primary N) is 1. The van der Waals surface area contributed by atoms with Crippen LogP contribution in [-0.4, -0.2) is 12.5 Å². The highest BCUT2D eigenvalue weighted by Crippen LogP contribution is 2.37. The molecule has 0 radical (unpaired) electrons. The minimum absolute atomic E-state index is 0.0690. The van der Waals surface area contributed by atoms with Crippen molar-refractivity contribution >= 4 is 29.1 Å². The second-order valence-corrected chi connectivity index (χ2v) is 5.69. The van der Waals surface area contributed by atoms with Gasteiger partial charge < -0.3 is 4.74 Å². The van der Waals surface area contributed by atoms with Crippen LogP contribution in [0.5, 0.6) is 5.75 Å². The Bertz CT molecular complexity index is 433. The molecule has 1 aromatic carbocycles. The van der Waals surface area contributed by atoms with Gasteiger partial charge in [0.15, 0.2) is 12.4 Å². The van der Waals surface area contributed by atoms with Gasteiger partial charge in [0, 0.05) is 0 Å². The molecule has 4 nitrogen and oxygen atoms in total. The van der Waals surface area contributed by atoms with Gasteiger partial charge in [0.25, 0.3) is 5.91 Å². The van der Waals surface area contributed by atoms with Crippen molar-refractivity contribution in [3.63, 3.8) is 0 Å². The van der Waals surface area contributed by atoms with Crippen LogP contribution in [0.2, 0.25) is 10.0 Å². The number of carbonyl (C=O) groups is 1. The Morgan fingerprint density at radius 1 is 1.33 bits per heavy atom. The number of ether oxygens (including phenoxy) is 1. The van der Waals surface area contributed by atoms with E-state index in [9.17, 15) is 4.79 Å². The maximum atomic E-state index is 11.0. The van der Waals surface area contributed by atoms with Gasteiger partial charge >= 0.3 is 0 Å². The van der Waals surface area contributed by atoms with Crippen LogP contribution >= 0.6 is 23.2 Å². The number of rotatable bonds is 3. The maximum absolute atomic E-state index is 11.0. The molecule has 0 atom stereocenters. The molecule has 0 saturated carbocycles. The lowest BCUT2D eigenvalue weighted by molar-refractivity contribution is -0.123. The second-order valence-electron chi connectivity index (χ2n) is 4.88. The lowest BCUT2D eigenvalue weighted by Crippen LogP contribution is -2.34. The van der Waals surface area contributed by atoms with Crippen LogP contribution in [-0.2, 0) is 10.2 Å². The van der Waals surface area contributed by atoms with Gasteiger partial charge in [0.2, 0.25) is 0 Å². The third kappa shape index (κ3) is 3.77. The van der Waals surface area contributed by atoms with Gasteiger partial charge in [-0.2, -0.15) is 0 Å². The molecule has 6 heteroatoms. The largest absolute Gasteiger partial charge is 0.481 e. The van der Waals surface area contributed by atoms with E-state index in [1.165, 1.54) is 0 Å². The van der Waals surface area contributed by atoms with E-state index in [2.05, 4.69) is 20.8 Å². The summed E-state index contributed by atoms with van der Waals surface area (Å²) in [5.41, 5.74) is 2.88. The zero-order chi connectivity index (χ0) is 13.9. The van der Waals surface area contributed by atoms with Crippen LogP contribution in [0.1, 0.15) is 26.3 Å². The smallest absolute Gasteiger partial charge is 0.271 e. The minimum Gasteiger partial charge on any atom is -0.481 e. The third-order valence-electron chi connectivity index (χ3n) is 2.37. The fourth-order valence-corrected chi connectivity index (χ4v) is 1.91. The van der Waals surface area contributed by atoms with Gasteiger partial charge in [-0.25, -0.2) is 5.84 Å². The fourth-order valence-electron chi connectivity index (χ4n) is 1.31. The highest BCUT2D eigenvalue weighted by Gasteiger charge is 2.18. The molecular weight excluding hydrogens is 275 g/mol. The molecule has 3 N–H and O–H groups in total. The summed E-state index contributed by atoms with van der Waals surface area (Å²) in [5.74, 6) is 4.78. The molecule has 0 aliphatic rings. The average molecular weight is 291 g/mol. The van der Waals surface area contributed by atoms with E-state index in [1.54, 1.807) is 12.1 Å². The molecule has 0 aliphatic carbocycles. The molecule has 0 heterocycles. The molecule has 1 rings (SSSR count). The lowest BCUT2D eigenvalue weighted by Gasteiger charge is -2.21. The van der Waals surface area contributed by atoms with E-state index in [4.69, 9.17) is 33.8 Å². The number of carbonyl (C=O) groups excluding carboxylic acids is 1. The molecule has 100 valence electrons. The maximum Gasteiger partial charge on any atom is 0.271 e.